The van der Waals surface area contributed by atoms with Crippen molar-refractivity contribution in [2.45, 2.75) is 75.7 Å². The Labute approximate surface area is 253 Å². The van der Waals surface area contributed by atoms with Gasteiger partial charge in [-0.2, -0.15) is 5.09 Å². The van der Waals surface area contributed by atoms with Crippen molar-refractivity contribution in [3.8, 4) is 5.75 Å². The van der Waals surface area contributed by atoms with Crippen molar-refractivity contribution in [2.24, 2.45) is 5.84 Å². The molecule has 1 aliphatic heterocycles. The van der Waals surface area contributed by atoms with Gasteiger partial charge in [-0.3, -0.25) is 14.3 Å². The number of ether oxygens (including phenoxy) is 2. The van der Waals surface area contributed by atoms with Crippen molar-refractivity contribution in [2.75, 3.05) is 18.7 Å². The van der Waals surface area contributed by atoms with Gasteiger partial charge in [0.2, 0.25) is 0 Å². The topological polar surface area (TPSA) is 184 Å². The zero-order valence-electron chi connectivity index (χ0n) is 24.2. The molecule has 1 saturated heterocycles. The molecule has 2 aliphatic rings. The Morgan fingerprint density at radius 3 is 2.63 bits per heavy atom. The minimum absolute atomic E-state index is 0.153. The van der Waals surface area contributed by atoms with E-state index in [1.807, 2.05) is 0 Å². The molecule has 1 aromatic carbocycles. The van der Waals surface area contributed by atoms with Crippen LogP contribution in [0.3, 0.4) is 0 Å². The average molecular weight is 639 g/mol. The van der Waals surface area contributed by atoms with Gasteiger partial charge in [-0.15, -0.1) is 0 Å². The van der Waals surface area contributed by atoms with E-state index >= 15 is 0 Å². The molecule has 2 aromatic heterocycles. The number of halogens is 1. The molecule has 14 nitrogen and oxygen atoms in total. The SMILES string of the molecule is CN(N)c1ncnc2c1ccn2C1OC(COP(=O)(NC(C)(C)C(=O)OC2CCC2)Oc2ccc(Cl)cc2)[C@@H](O)[C@@]1(C)O. The smallest absolute Gasteiger partial charge is 0.459 e. The molecule has 3 heterocycles. The van der Waals surface area contributed by atoms with Crippen LogP contribution < -0.4 is 20.5 Å². The number of aliphatic hydroxyl groups excluding tert-OH is 1. The molecule has 2 fully saturated rings. The zero-order chi connectivity index (χ0) is 31.2. The molecule has 3 unspecified atom stereocenters. The summed E-state index contributed by atoms with van der Waals surface area (Å²) >= 11 is 5.99. The lowest BCUT2D eigenvalue weighted by molar-refractivity contribution is -0.159. The third kappa shape index (κ3) is 6.52. The van der Waals surface area contributed by atoms with E-state index < -0.39 is 49.9 Å². The normalized spacial score (nSPS) is 25.7. The number of esters is 1. The van der Waals surface area contributed by atoms with Crippen LogP contribution in [0.25, 0.3) is 11.0 Å². The number of hydrogen-bond acceptors (Lipinski definition) is 12. The maximum Gasteiger partial charge on any atom is 0.459 e. The minimum Gasteiger partial charge on any atom is -0.461 e. The molecule has 0 spiro atoms. The van der Waals surface area contributed by atoms with Crippen LogP contribution in [-0.2, 0) is 23.4 Å². The first-order valence-corrected chi connectivity index (χ1v) is 15.7. The van der Waals surface area contributed by atoms with Crippen LogP contribution >= 0.6 is 19.3 Å². The van der Waals surface area contributed by atoms with E-state index in [-0.39, 0.29) is 11.9 Å². The summed E-state index contributed by atoms with van der Waals surface area (Å²) in [6.07, 6.45) is 1.52. The number of fused-ring (bicyclic) bond motifs is 1. The first-order chi connectivity index (χ1) is 20.2. The Bertz CT molecular complexity index is 1510. The summed E-state index contributed by atoms with van der Waals surface area (Å²) in [7, 11) is -2.71. The highest BCUT2D eigenvalue weighted by atomic mass is 35.5. The molecule has 5 N–H and O–H groups in total. The molecule has 234 valence electrons. The highest BCUT2D eigenvalue weighted by molar-refractivity contribution is 7.52. The van der Waals surface area contributed by atoms with E-state index in [4.69, 9.17) is 36.0 Å². The summed E-state index contributed by atoms with van der Waals surface area (Å²) in [6, 6.07) is 7.79. The summed E-state index contributed by atoms with van der Waals surface area (Å²) in [5.74, 6) is 5.88. The van der Waals surface area contributed by atoms with Crippen LogP contribution in [0.15, 0.2) is 42.9 Å². The molecule has 1 aliphatic carbocycles. The van der Waals surface area contributed by atoms with Crippen molar-refractivity contribution in [1.29, 1.82) is 0 Å². The fourth-order valence-electron chi connectivity index (χ4n) is 4.87. The Hall–Kier alpha value is -2.81. The van der Waals surface area contributed by atoms with Crippen LogP contribution in [0.5, 0.6) is 5.75 Å². The molecular formula is C27H36ClN6O8P. The quantitative estimate of drug-likeness (QED) is 0.104. The van der Waals surface area contributed by atoms with Gasteiger partial charge in [-0.05, 0) is 70.4 Å². The number of nitrogens with two attached hydrogens (primary N) is 1. The van der Waals surface area contributed by atoms with Crippen molar-refractivity contribution in [3.05, 3.63) is 47.9 Å². The summed E-state index contributed by atoms with van der Waals surface area (Å²) < 4.78 is 38.8. The number of carbonyl (C=O) groups is 1. The predicted octanol–water partition coefficient (Wildman–Crippen LogP) is 3.07. The number of aromatic nitrogens is 3. The Morgan fingerprint density at radius 2 is 2.00 bits per heavy atom. The van der Waals surface area contributed by atoms with Crippen molar-refractivity contribution in [1.82, 2.24) is 19.6 Å². The van der Waals surface area contributed by atoms with Gasteiger partial charge in [0.15, 0.2) is 12.0 Å². The van der Waals surface area contributed by atoms with E-state index in [2.05, 4.69) is 15.1 Å². The number of hydrazine groups is 1. The number of nitrogens with one attached hydrogen (secondary N) is 1. The van der Waals surface area contributed by atoms with Gasteiger partial charge < -0.3 is 28.8 Å². The Balaban J connectivity index is 1.37. The predicted molar refractivity (Wildman–Crippen MR) is 157 cm³/mol. The van der Waals surface area contributed by atoms with E-state index in [9.17, 15) is 19.6 Å². The lowest BCUT2D eigenvalue weighted by Crippen LogP contribution is -2.49. The molecule has 0 amide bonds. The van der Waals surface area contributed by atoms with Crippen molar-refractivity contribution in [3.63, 3.8) is 0 Å². The van der Waals surface area contributed by atoms with Crippen LogP contribution in [0.2, 0.25) is 5.02 Å². The minimum atomic E-state index is -4.34. The third-order valence-electron chi connectivity index (χ3n) is 7.53. The fraction of sp³-hybridized carbons (Fsp3) is 0.519. The van der Waals surface area contributed by atoms with Gasteiger partial charge in [0.25, 0.3) is 0 Å². The number of hydrogen-bond donors (Lipinski definition) is 4. The lowest BCUT2D eigenvalue weighted by atomic mass is 9.96. The first-order valence-electron chi connectivity index (χ1n) is 13.8. The maximum atomic E-state index is 14.1. The second kappa shape index (κ2) is 11.9. The summed E-state index contributed by atoms with van der Waals surface area (Å²) in [6.45, 7) is 3.93. The fourth-order valence-corrected chi connectivity index (χ4v) is 6.68. The summed E-state index contributed by atoms with van der Waals surface area (Å²) in [5, 5.41) is 27.5. The van der Waals surface area contributed by atoms with Crippen molar-refractivity contribution >= 4 is 42.2 Å². The van der Waals surface area contributed by atoms with E-state index in [0.29, 0.717) is 21.9 Å². The maximum absolute atomic E-state index is 14.1. The monoisotopic (exact) mass is 638 g/mol. The Morgan fingerprint density at radius 1 is 1.30 bits per heavy atom. The van der Waals surface area contributed by atoms with Gasteiger partial charge in [0.05, 0.1) is 12.0 Å². The molecule has 0 radical (unpaired) electrons. The molecule has 16 heteroatoms. The first kappa shape index (κ1) is 31.6. The highest BCUT2D eigenvalue weighted by Gasteiger charge is 2.54. The molecule has 5 atom stereocenters. The van der Waals surface area contributed by atoms with Crippen LogP contribution in [-0.4, -0.2) is 73.8 Å². The van der Waals surface area contributed by atoms with E-state index in [1.54, 1.807) is 36.0 Å². The molecule has 5 rings (SSSR count). The molecule has 0 bridgehead atoms. The zero-order valence-corrected chi connectivity index (χ0v) is 25.9. The average Bonchev–Trinajstić information content (AvgIpc) is 3.43. The van der Waals surface area contributed by atoms with E-state index in [1.165, 1.54) is 44.2 Å². The second-order valence-corrected chi connectivity index (χ2v) is 13.6. The van der Waals surface area contributed by atoms with Crippen LogP contribution in [0, 0.1) is 0 Å². The third-order valence-corrected chi connectivity index (χ3v) is 9.56. The number of rotatable bonds is 11. The Kier molecular flexibility index (Phi) is 8.78. The molecule has 3 aromatic rings. The number of benzene rings is 1. The van der Waals surface area contributed by atoms with Gasteiger partial charge in [-0.1, -0.05) is 11.6 Å². The summed E-state index contributed by atoms with van der Waals surface area (Å²) in [4.78, 5) is 21.4. The number of carbonyl (C=O) groups excluding carboxylic acids is 1. The highest BCUT2D eigenvalue weighted by Crippen LogP contribution is 2.49. The number of anilines is 1. The van der Waals surface area contributed by atoms with Crippen molar-refractivity contribution < 1.29 is 38.1 Å². The number of nitrogens with zero attached hydrogens (tertiary/aromatic N) is 4. The summed E-state index contributed by atoms with van der Waals surface area (Å²) in [5.41, 5.74) is -2.88. The van der Waals surface area contributed by atoms with Gasteiger partial charge in [0.1, 0.15) is 47.2 Å². The largest absolute Gasteiger partial charge is 0.461 e. The van der Waals surface area contributed by atoms with Gasteiger partial charge in [0, 0.05) is 18.3 Å². The number of aliphatic hydroxyl groups is 2. The molecule has 43 heavy (non-hydrogen) atoms. The van der Waals surface area contributed by atoms with Gasteiger partial charge >= 0.3 is 13.7 Å². The van der Waals surface area contributed by atoms with E-state index in [0.717, 1.165) is 19.3 Å². The molecule has 1 saturated carbocycles. The molecular weight excluding hydrogens is 603 g/mol. The standard InChI is InChI=1S/C27H36ClN6O8P/c1-26(2,25(36)40-17-6-5-7-17)32-43(38,42-18-10-8-16(28)9-11-18)39-14-20-21(35)27(3,37)24(41-20)34-13-12-19-22(33(4)29)30-15-31-23(19)34/h8-13,15,17,20-21,24,35,37H,5-7,14,29H2,1-4H3,(H,32,38)/t20?,21-,24?,27-,43?/m1/s1. The lowest BCUT2D eigenvalue weighted by Gasteiger charge is -2.33. The van der Waals surface area contributed by atoms with Crippen LogP contribution in [0.4, 0.5) is 5.82 Å². The second-order valence-electron chi connectivity index (χ2n) is 11.5. The van der Waals surface area contributed by atoms with Crippen LogP contribution in [0.1, 0.15) is 46.3 Å². The van der Waals surface area contributed by atoms with Gasteiger partial charge in [-0.25, -0.2) is 20.4 Å².